The lowest BCUT2D eigenvalue weighted by Gasteiger charge is -2.15. The summed E-state index contributed by atoms with van der Waals surface area (Å²) in [4.78, 5) is 2.24. The zero-order valence-electron chi connectivity index (χ0n) is 17.6. The first-order chi connectivity index (χ1) is 12.4. The highest BCUT2D eigenvalue weighted by Gasteiger charge is 2.13. The fraction of sp³-hybridized carbons (Fsp3) is 0.524. The average Bonchev–Trinajstić information content (AvgIpc) is 2.49. The minimum absolute atomic E-state index is 0.865. The Balaban J connectivity index is 5.25. The largest absolute Gasteiger partial charge is 0.117 e. The van der Waals surface area contributed by atoms with Gasteiger partial charge >= 0.3 is 0 Å². The van der Waals surface area contributed by atoms with E-state index < -0.39 is 16.1 Å². The molecule has 0 heterocycles. The van der Waals surface area contributed by atoms with E-state index in [1.54, 1.807) is 0 Å². The lowest BCUT2D eigenvalue weighted by molar-refractivity contribution is 1.38. The molecular weight excluding hydrogens is 532 g/mol. The summed E-state index contributed by atoms with van der Waals surface area (Å²) in [5, 5.41) is 0. The molecule has 0 fully saturated rings. The van der Waals surface area contributed by atoms with Gasteiger partial charge in [-0.2, -0.15) is 0 Å². The van der Waals surface area contributed by atoms with Gasteiger partial charge in [0, 0.05) is 22.2 Å². The number of hydrogen-bond acceptors (Lipinski definition) is 2. The second kappa shape index (κ2) is 14.4. The monoisotopic (exact) mass is 562 g/mol. The molecule has 0 aromatic rings. The van der Waals surface area contributed by atoms with Gasteiger partial charge in [0.25, 0.3) is 0 Å². The number of allylic oxidation sites excluding steroid dienone is 5. The van der Waals surface area contributed by atoms with Crippen LogP contribution in [0, 0.1) is 23.7 Å². The first-order valence-electron chi connectivity index (χ1n) is 9.06. The van der Waals surface area contributed by atoms with Gasteiger partial charge in [0.05, 0.1) is 13.2 Å². The van der Waals surface area contributed by atoms with Crippen LogP contribution in [0.4, 0.5) is 0 Å². The van der Waals surface area contributed by atoms with Gasteiger partial charge in [-0.15, -0.1) is 29.4 Å². The standard InChI is InChI=1S/C21H32Br2S2Si2/c1-8-10-19(24-15-17-26(2,3)4)13-14-20(11-9-12-21(22)23)25-16-18-27(5,6)7/h12-14H,15-18H2,1-7H3/b19-13-,20-14-. The second-order valence-electron chi connectivity index (χ2n) is 8.46. The van der Waals surface area contributed by atoms with Crippen molar-refractivity contribution in [2.45, 2.75) is 58.3 Å². The molecule has 0 aliphatic carbocycles. The minimum Gasteiger partial charge on any atom is -0.117 e. The van der Waals surface area contributed by atoms with Crippen LogP contribution >= 0.6 is 55.4 Å². The maximum Gasteiger partial charge on any atom is 0.0687 e. The Morgan fingerprint density at radius 3 is 1.63 bits per heavy atom. The van der Waals surface area contributed by atoms with E-state index in [0.717, 1.165) is 24.7 Å². The lowest BCUT2D eigenvalue weighted by atomic mass is 10.4. The van der Waals surface area contributed by atoms with Gasteiger partial charge in [-0.3, -0.25) is 0 Å². The normalized spacial score (nSPS) is 12.6. The summed E-state index contributed by atoms with van der Waals surface area (Å²) in [7, 11) is -2.03. The Morgan fingerprint density at radius 1 is 0.815 bits per heavy atom. The third-order valence-electron chi connectivity index (χ3n) is 3.23. The summed E-state index contributed by atoms with van der Waals surface area (Å²) in [6.45, 7) is 16.4. The zero-order chi connectivity index (χ0) is 20.9. The van der Waals surface area contributed by atoms with Gasteiger partial charge in [-0.1, -0.05) is 57.0 Å². The molecule has 0 N–H and O–H groups in total. The first kappa shape index (κ1) is 27.4. The predicted octanol–water partition coefficient (Wildman–Crippen LogP) is 8.55. The number of halogens is 2. The van der Waals surface area contributed by atoms with E-state index in [1.807, 2.05) is 36.5 Å². The molecule has 0 saturated carbocycles. The molecule has 0 aromatic heterocycles. The molecule has 0 aromatic carbocycles. The minimum atomic E-state index is -1.03. The van der Waals surface area contributed by atoms with Gasteiger partial charge in [0.15, 0.2) is 0 Å². The van der Waals surface area contributed by atoms with Crippen molar-refractivity contribution in [2.24, 2.45) is 0 Å². The molecule has 6 heteroatoms. The summed E-state index contributed by atoms with van der Waals surface area (Å²) in [6, 6.07) is 2.61. The van der Waals surface area contributed by atoms with Crippen molar-refractivity contribution in [1.29, 1.82) is 0 Å². The van der Waals surface area contributed by atoms with Gasteiger partial charge in [-0.25, -0.2) is 0 Å². The van der Waals surface area contributed by atoms with Crippen molar-refractivity contribution in [1.82, 2.24) is 0 Å². The Bertz CT molecular complexity index is 669. The van der Waals surface area contributed by atoms with E-state index in [1.165, 1.54) is 12.1 Å². The highest BCUT2D eigenvalue weighted by Crippen LogP contribution is 2.24. The smallest absolute Gasteiger partial charge is 0.0687 e. The molecule has 0 rings (SSSR count). The third kappa shape index (κ3) is 19.5. The molecular formula is C21H32Br2S2Si2. The molecule has 0 radical (unpaired) electrons. The molecule has 0 nitrogen and oxygen atoms in total. The molecule has 0 aliphatic heterocycles. The quantitative estimate of drug-likeness (QED) is 0.156. The number of thioether (sulfide) groups is 2. The zero-order valence-corrected chi connectivity index (χ0v) is 24.4. The average molecular weight is 565 g/mol. The highest BCUT2D eigenvalue weighted by atomic mass is 79.9. The van der Waals surface area contributed by atoms with Crippen LogP contribution in [-0.2, 0) is 0 Å². The summed E-state index contributed by atoms with van der Waals surface area (Å²) in [6.07, 6.45) is 6.11. The topological polar surface area (TPSA) is 0 Å². The molecule has 0 atom stereocenters. The van der Waals surface area contributed by atoms with E-state index in [2.05, 4.69) is 107 Å². The molecule has 0 aliphatic rings. The summed E-state index contributed by atoms with van der Waals surface area (Å²) in [5.41, 5.74) is 0. The maximum absolute atomic E-state index is 3.35. The Labute approximate surface area is 195 Å². The van der Waals surface area contributed by atoms with Gasteiger partial charge < -0.3 is 0 Å². The lowest BCUT2D eigenvalue weighted by Crippen LogP contribution is -2.19. The van der Waals surface area contributed by atoms with Crippen LogP contribution in [-0.4, -0.2) is 27.7 Å². The van der Waals surface area contributed by atoms with Crippen LogP contribution in [0.2, 0.25) is 51.4 Å². The van der Waals surface area contributed by atoms with E-state index in [-0.39, 0.29) is 0 Å². The second-order valence-corrected chi connectivity index (χ2v) is 24.7. The SMILES string of the molecule is CC#C/C(=C/C=C(/C#CC=C(Br)Br)SCC[Si](C)(C)C)SCC[Si](C)(C)C. The Hall–Kier alpha value is 0.434. The van der Waals surface area contributed by atoms with Gasteiger partial charge in [0.1, 0.15) is 0 Å². The third-order valence-corrected chi connectivity index (χ3v) is 9.83. The van der Waals surface area contributed by atoms with Crippen molar-refractivity contribution >= 4 is 71.5 Å². The van der Waals surface area contributed by atoms with E-state index >= 15 is 0 Å². The van der Waals surface area contributed by atoms with Crippen LogP contribution in [0.1, 0.15) is 6.92 Å². The van der Waals surface area contributed by atoms with Crippen LogP contribution in [0.25, 0.3) is 0 Å². The fourth-order valence-corrected chi connectivity index (χ4v) is 8.64. The van der Waals surface area contributed by atoms with Crippen molar-refractivity contribution < 1.29 is 0 Å². The van der Waals surface area contributed by atoms with Crippen molar-refractivity contribution in [3.8, 4) is 23.7 Å². The number of rotatable bonds is 9. The summed E-state index contributed by atoms with van der Waals surface area (Å²) >= 11 is 10.4. The van der Waals surface area contributed by atoms with Gasteiger partial charge in [-0.05, 0) is 74.5 Å². The van der Waals surface area contributed by atoms with Crippen molar-refractivity contribution in [2.75, 3.05) is 11.5 Å². The molecule has 0 spiro atoms. The maximum atomic E-state index is 3.35. The highest BCUT2D eigenvalue weighted by molar-refractivity contribution is 9.28. The van der Waals surface area contributed by atoms with Crippen LogP contribution in [0.15, 0.2) is 31.4 Å². The molecule has 0 bridgehead atoms. The van der Waals surface area contributed by atoms with Crippen molar-refractivity contribution in [3.63, 3.8) is 0 Å². The van der Waals surface area contributed by atoms with Crippen LogP contribution < -0.4 is 0 Å². The van der Waals surface area contributed by atoms with E-state index in [9.17, 15) is 0 Å². The fourth-order valence-electron chi connectivity index (χ4n) is 1.62. The van der Waals surface area contributed by atoms with Crippen LogP contribution in [0.3, 0.4) is 0 Å². The summed E-state index contributed by atoms with van der Waals surface area (Å²) < 4.78 is 0.865. The number of hydrogen-bond donors (Lipinski definition) is 0. The van der Waals surface area contributed by atoms with Crippen molar-refractivity contribution in [3.05, 3.63) is 31.4 Å². The predicted molar refractivity (Wildman–Crippen MR) is 145 cm³/mol. The first-order valence-corrected chi connectivity index (χ1v) is 20.0. The summed E-state index contributed by atoms with van der Waals surface area (Å²) in [5.74, 6) is 14.9. The Morgan fingerprint density at radius 2 is 1.26 bits per heavy atom. The molecule has 0 unspecified atom stereocenters. The molecule has 0 amide bonds. The Kier molecular flexibility index (Phi) is 14.7. The van der Waals surface area contributed by atoms with Crippen LogP contribution in [0.5, 0.6) is 0 Å². The van der Waals surface area contributed by atoms with Gasteiger partial charge in [0.2, 0.25) is 0 Å². The molecule has 150 valence electrons. The van der Waals surface area contributed by atoms with E-state index in [0.29, 0.717) is 0 Å². The molecule has 27 heavy (non-hydrogen) atoms. The molecule has 0 saturated heterocycles. The van der Waals surface area contributed by atoms with E-state index in [4.69, 9.17) is 0 Å².